The first-order valence-corrected chi connectivity index (χ1v) is 8.68. The summed E-state index contributed by atoms with van der Waals surface area (Å²) in [7, 11) is -3.90. The third-order valence-corrected chi connectivity index (χ3v) is 4.95. The van der Waals surface area contributed by atoms with Crippen LogP contribution in [-0.4, -0.2) is 13.7 Å². The molecule has 0 bridgehead atoms. The molecule has 1 heterocycles. The van der Waals surface area contributed by atoms with Crippen LogP contribution in [0.5, 0.6) is 0 Å². The van der Waals surface area contributed by atoms with Crippen LogP contribution in [0, 0.1) is 20.8 Å². The van der Waals surface area contributed by atoms with Crippen LogP contribution in [0.4, 0.5) is 0 Å². The van der Waals surface area contributed by atoms with Crippen LogP contribution < -0.4 is 15.6 Å². The predicted octanol–water partition coefficient (Wildman–Crippen LogP) is 1.12. The van der Waals surface area contributed by atoms with Crippen LogP contribution in [0.1, 0.15) is 16.7 Å². The zero-order valence-electron chi connectivity index (χ0n) is 13.5. The molecule has 0 amide bonds. The highest BCUT2D eigenvalue weighted by Crippen LogP contribution is 2.12. The molecule has 0 aliphatic carbocycles. The van der Waals surface area contributed by atoms with Gasteiger partial charge in [0.1, 0.15) is 0 Å². The van der Waals surface area contributed by atoms with E-state index in [2.05, 4.69) is 14.8 Å². The minimum absolute atomic E-state index is 0.0737. The van der Waals surface area contributed by atoms with Crippen LogP contribution in [0.2, 0.25) is 0 Å². The summed E-state index contributed by atoms with van der Waals surface area (Å²) in [5.41, 5.74) is 3.37. The smallest absolute Gasteiger partial charge is 0.261 e. The van der Waals surface area contributed by atoms with Crippen molar-refractivity contribution in [3.8, 4) is 5.69 Å². The second-order valence-corrected chi connectivity index (χ2v) is 7.05. The van der Waals surface area contributed by atoms with Gasteiger partial charge in [-0.15, -0.1) is 0 Å². The fraction of sp³-hybridized carbons (Fsp3) is 0.188. The summed E-state index contributed by atoms with van der Waals surface area (Å²) in [5, 5.41) is 7.76. The Bertz CT molecular complexity index is 1050. The van der Waals surface area contributed by atoms with Gasteiger partial charge in [-0.05, 0) is 43.3 Å². The maximum absolute atomic E-state index is 12.3. The maximum Gasteiger partial charge on any atom is 0.261 e. The summed E-state index contributed by atoms with van der Waals surface area (Å²) >= 11 is 0. The minimum atomic E-state index is -3.90. The molecule has 3 aromatic rings. The van der Waals surface area contributed by atoms with Gasteiger partial charge in [-0.25, -0.2) is 12.8 Å². The van der Waals surface area contributed by atoms with Crippen LogP contribution >= 0.6 is 0 Å². The number of aromatic nitrogens is 3. The number of aryl methyl sites for hydroxylation is 2. The summed E-state index contributed by atoms with van der Waals surface area (Å²) in [5.74, 6) is 0. The van der Waals surface area contributed by atoms with E-state index in [0.717, 1.165) is 16.7 Å². The van der Waals surface area contributed by atoms with E-state index in [0.29, 0.717) is 5.69 Å². The third kappa shape index (κ3) is 3.13. The Morgan fingerprint density at radius 2 is 1.79 bits per heavy atom. The molecule has 0 radical (unpaired) electrons. The summed E-state index contributed by atoms with van der Waals surface area (Å²) in [6.45, 7) is 5.76. The number of nitrogens with zero attached hydrogens (tertiary/aromatic N) is 4. The van der Waals surface area contributed by atoms with Gasteiger partial charge in [0, 0.05) is 11.6 Å². The Balaban J connectivity index is 2.02. The number of sulfonamides is 1. The molecule has 0 saturated carbocycles. The Morgan fingerprint density at radius 3 is 2.50 bits per heavy atom. The average Bonchev–Trinajstić information content (AvgIpc) is 2.98. The molecular weight excluding hydrogens is 328 g/mol. The third-order valence-electron chi connectivity index (χ3n) is 3.69. The van der Waals surface area contributed by atoms with Crippen molar-refractivity contribution in [3.63, 3.8) is 0 Å². The molecule has 124 valence electrons. The lowest BCUT2D eigenvalue weighted by molar-refractivity contribution is -0.730. The van der Waals surface area contributed by atoms with Crippen LogP contribution in [0.3, 0.4) is 0 Å². The first-order valence-electron chi connectivity index (χ1n) is 7.24. The van der Waals surface area contributed by atoms with Gasteiger partial charge in [0.15, 0.2) is 0 Å². The standard InChI is InChI=1S/C16H16N4O3S/c1-11-7-9-14(10-8-11)24(21,22)18-16-17-20(19-23-16)15-6-4-5-12(2)13(15)3/h4-10H,1-3H3/b18-16-. The summed E-state index contributed by atoms with van der Waals surface area (Å²) < 4.78 is 33.1. The Hall–Kier alpha value is -2.74. The molecule has 1 aromatic heterocycles. The summed E-state index contributed by atoms with van der Waals surface area (Å²) in [6.07, 6.45) is 0. The maximum atomic E-state index is 12.3. The van der Waals surface area contributed by atoms with E-state index in [1.165, 1.54) is 16.9 Å². The zero-order chi connectivity index (χ0) is 17.3. The zero-order valence-corrected chi connectivity index (χ0v) is 14.3. The Morgan fingerprint density at radius 1 is 1.08 bits per heavy atom. The summed E-state index contributed by atoms with van der Waals surface area (Å²) in [6, 6.07) is 12.0. The molecule has 0 spiro atoms. The van der Waals surface area contributed by atoms with Crippen molar-refractivity contribution in [1.29, 1.82) is 0 Å². The van der Waals surface area contributed by atoms with Crippen LogP contribution in [0.25, 0.3) is 5.69 Å². The van der Waals surface area contributed by atoms with E-state index in [9.17, 15) is 8.42 Å². The number of hydrogen-bond donors (Lipinski definition) is 0. The molecule has 8 heteroatoms. The molecule has 7 nitrogen and oxygen atoms in total. The number of hydrogen-bond acceptors (Lipinski definition) is 4. The van der Waals surface area contributed by atoms with Gasteiger partial charge in [0.25, 0.3) is 5.68 Å². The van der Waals surface area contributed by atoms with Crippen molar-refractivity contribution in [2.75, 3.05) is 0 Å². The van der Waals surface area contributed by atoms with Gasteiger partial charge >= 0.3 is 0 Å². The molecule has 0 fully saturated rings. The minimum Gasteiger partial charge on any atom is -0.360 e. The molecule has 2 aromatic carbocycles. The largest absolute Gasteiger partial charge is 0.360 e. The van der Waals surface area contributed by atoms with E-state index in [4.69, 9.17) is 4.52 Å². The highest BCUT2D eigenvalue weighted by atomic mass is 32.2. The Labute approximate surface area is 139 Å². The van der Waals surface area contributed by atoms with Crippen molar-refractivity contribution in [3.05, 3.63) is 64.8 Å². The fourth-order valence-electron chi connectivity index (χ4n) is 2.14. The molecular formula is C16H16N4O3S. The van der Waals surface area contributed by atoms with Gasteiger partial charge in [-0.1, -0.05) is 34.9 Å². The second kappa shape index (κ2) is 6.04. The van der Waals surface area contributed by atoms with Gasteiger partial charge in [0.2, 0.25) is 15.7 Å². The van der Waals surface area contributed by atoms with Gasteiger partial charge in [-0.2, -0.15) is 0 Å². The topological polar surface area (TPSA) is 90.5 Å². The van der Waals surface area contributed by atoms with Crippen molar-refractivity contribution in [2.45, 2.75) is 25.7 Å². The summed E-state index contributed by atoms with van der Waals surface area (Å²) in [4.78, 5) is 1.30. The molecule has 0 aliphatic rings. The van der Waals surface area contributed by atoms with Crippen molar-refractivity contribution in [1.82, 2.24) is 10.4 Å². The Kier molecular flexibility index (Phi) is 4.06. The van der Waals surface area contributed by atoms with Crippen molar-refractivity contribution < 1.29 is 17.7 Å². The van der Waals surface area contributed by atoms with E-state index >= 15 is 0 Å². The van der Waals surface area contributed by atoms with Crippen LogP contribution in [-0.2, 0) is 10.0 Å². The number of benzene rings is 2. The van der Waals surface area contributed by atoms with E-state index in [-0.39, 0.29) is 10.6 Å². The molecule has 24 heavy (non-hydrogen) atoms. The molecule has 0 saturated heterocycles. The van der Waals surface area contributed by atoms with E-state index in [1.54, 1.807) is 12.1 Å². The normalized spacial score (nSPS) is 12.5. The lowest BCUT2D eigenvalue weighted by atomic mass is 10.1. The second-order valence-electron chi connectivity index (χ2n) is 5.44. The fourth-order valence-corrected chi connectivity index (χ4v) is 3.00. The van der Waals surface area contributed by atoms with Gasteiger partial charge < -0.3 is 4.52 Å². The van der Waals surface area contributed by atoms with E-state index < -0.39 is 10.0 Å². The van der Waals surface area contributed by atoms with Gasteiger partial charge in [-0.3, -0.25) is 0 Å². The number of rotatable bonds is 3. The molecule has 0 N–H and O–H groups in total. The average molecular weight is 344 g/mol. The van der Waals surface area contributed by atoms with E-state index in [1.807, 2.05) is 39.0 Å². The predicted molar refractivity (Wildman–Crippen MR) is 84.8 cm³/mol. The quantitative estimate of drug-likeness (QED) is 0.664. The van der Waals surface area contributed by atoms with Crippen molar-refractivity contribution in [2.24, 2.45) is 4.40 Å². The first kappa shape index (κ1) is 16.1. The molecule has 0 unspecified atom stereocenters. The lowest BCUT2D eigenvalue weighted by Gasteiger charge is -2.00. The highest BCUT2D eigenvalue weighted by molar-refractivity contribution is 7.90. The molecule has 3 rings (SSSR count). The highest BCUT2D eigenvalue weighted by Gasteiger charge is 2.14. The monoisotopic (exact) mass is 344 g/mol. The SMILES string of the molecule is Cc1ccc(S(=O)(=O)/N=c2/[n-][n+](-c3cccc(C)c3C)no2)cc1. The van der Waals surface area contributed by atoms with Crippen LogP contribution in [0.15, 0.2) is 56.3 Å². The molecule has 0 aliphatic heterocycles. The lowest BCUT2D eigenvalue weighted by Crippen LogP contribution is -2.41. The van der Waals surface area contributed by atoms with Gasteiger partial charge in [0.05, 0.1) is 10.2 Å². The van der Waals surface area contributed by atoms with Crippen molar-refractivity contribution >= 4 is 10.0 Å². The first-order chi connectivity index (χ1) is 11.4. The molecule has 0 atom stereocenters.